The Morgan fingerprint density at radius 2 is 1.64 bits per heavy atom. The Morgan fingerprint density at radius 1 is 0.964 bits per heavy atom. The lowest BCUT2D eigenvalue weighted by Crippen LogP contribution is -2.42. The van der Waals surface area contributed by atoms with E-state index in [1.54, 1.807) is 30.5 Å². The van der Waals surface area contributed by atoms with Crippen LogP contribution >= 0.6 is 23.2 Å². The van der Waals surface area contributed by atoms with Crippen LogP contribution in [0.2, 0.25) is 10.0 Å². The number of halogens is 2. The molecule has 0 radical (unpaired) electrons. The van der Waals surface area contributed by atoms with Gasteiger partial charge < -0.3 is 4.42 Å². The van der Waals surface area contributed by atoms with Crippen LogP contribution in [0.25, 0.3) is 0 Å². The Bertz CT molecular complexity index is 1090. The van der Waals surface area contributed by atoms with Gasteiger partial charge in [0.15, 0.2) is 0 Å². The maximum atomic E-state index is 13.6. The van der Waals surface area contributed by atoms with Gasteiger partial charge in [-0.1, -0.05) is 53.5 Å². The largest absolute Gasteiger partial charge is 0.468 e. The molecule has 1 aliphatic heterocycles. The van der Waals surface area contributed by atoms with Gasteiger partial charge in [0.1, 0.15) is 5.76 Å². The molecule has 140 valence electrons. The van der Waals surface area contributed by atoms with E-state index in [4.69, 9.17) is 27.6 Å². The Labute approximate surface area is 171 Å². The highest BCUT2D eigenvalue weighted by Gasteiger charge is 2.88. The van der Waals surface area contributed by atoms with Crippen molar-refractivity contribution in [2.75, 3.05) is 4.90 Å². The van der Waals surface area contributed by atoms with E-state index < -0.39 is 16.7 Å². The third-order valence-corrected chi connectivity index (χ3v) is 6.54. The number of piperidine rings is 1. The Balaban J connectivity index is 1.67. The van der Waals surface area contributed by atoms with E-state index in [-0.39, 0.29) is 11.8 Å². The van der Waals surface area contributed by atoms with Crippen LogP contribution in [0, 0.1) is 11.3 Å². The van der Waals surface area contributed by atoms with Crippen molar-refractivity contribution in [2.45, 2.75) is 12.3 Å². The van der Waals surface area contributed by atoms with Crippen LogP contribution in [0.5, 0.6) is 0 Å². The SMILES string of the molecule is C[C@]12C(=O)N(c3cc(Cl)cc(Cl)c3)C(=O)C1[C@@]2(c1ccccc1)c1ccco1. The fourth-order valence-corrected chi connectivity index (χ4v) is 5.44. The molecule has 2 aromatic carbocycles. The van der Waals surface area contributed by atoms with Crippen molar-refractivity contribution >= 4 is 40.7 Å². The first kappa shape index (κ1) is 17.5. The van der Waals surface area contributed by atoms with Crippen molar-refractivity contribution < 1.29 is 14.0 Å². The zero-order valence-electron chi connectivity index (χ0n) is 14.9. The monoisotopic (exact) mass is 411 g/mol. The molecule has 4 nitrogen and oxygen atoms in total. The predicted octanol–water partition coefficient (Wildman–Crippen LogP) is 5.08. The van der Waals surface area contributed by atoms with E-state index in [9.17, 15) is 9.59 Å². The fraction of sp³-hybridized carbons (Fsp3) is 0.182. The molecule has 0 bridgehead atoms. The molecule has 1 saturated heterocycles. The Kier molecular flexibility index (Phi) is 3.58. The number of benzene rings is 2. The number of amides is 2. The molecule has 1 aliphatic carbocycles. The summed E-state index contributed by atoms with van der Waals surface area (Å²) in [5.41, 5.74) is -0.478. The summed E-state index contributed by atoms with van der Waals surface area (Å²) < 4.78 is 5.73. The van der Waals surface area contributed by atoms with Crippen molar-refractivity contribution in [2.24, 2.45) is 11.3 Å². The molecule has 3 aromatic rings. The lowest BCUT2D eigenvalue weighted by molar-refractivity contribution is -0.125. The molecule has 2 amide bonds. The van der Waals surface area contributed by atoms with E-state index in [1.807, 2.05) is 43.3 Å². The summed E-state index contributed by atoms with van der Waals surface area (Å²) >= 11 is 12.2. The number of nitrogens with zero attached hydrogens (tertiary/aromatic N) is 1. The van der Waals surface area contributed by atoms with E-state index in [2.05, 4.69) is 0 Å². The maximum absolute atomic E-state index is 13.6. The number of rotatable bonds is 3. The third-order valence-electron chi connectivity index (χ3n) is 6.11. The molecule has 2 fully saturated rings. The summed E-state index contributed by atoms with van der Waals surface area (Å²) in [4.78, 5) is 28.2. The average Bonchev–Trinajstić information content (AvgIpc) is 2.96. The van der Waals surface area contributed by atoms with Gasteiger partial charge in [0.05, 0.1) is 28.7 Å². The molecular weight excluding hydrogens is 397 g/mol. The quantitative estimate of drug-likeness (QED) is 0.564. The zero-order chi connectivity index (χ0) is 19.7. The zero-order valence-corrected chi connectivity index (χ0v) is 16.4. The summed E-state index contributed by atoms with van der Waals surface area (Å²) in [6.45, 7) is 1.83. The smallest absolute Gasteiger partial charge is 0.241 e. The van der Waals surface area contributed by atoms with Crippen LogP contribution in [0.15, 0.2) is 71.3 Å². The van der Waals surface area contributed by atoms with E-state index in [0.717, 1.165) is 5.56 Å². The molecule has 2 heterocycles. The average molecular weight is 412 g/mol. The highest BCUT2D eigenvalue weighted by Crippen LogP contribution is 2.76. The first-order valence-electron chi connectivity index (χ1n) is 8.86. The van der Waals surface area contributed by atoms with Gasteiger partial charge in [-0.15, -0.1) is 0 Å². The Morgan fingerprint density at radius 3 is 2.18 bits per heavy atom. The summed E-state index contributed by atoms with van der Waals surface area (Å²) in [5, 5.41) is 0.739. The second-order valence-electron chi connectivity index (χ2n) is 7.39. The maximum Gasteiger partial charge on any atom is 0.241 e. The lowest BCUT2D eigenvalue weighted by atomic mass is 9.82. The Hall–Kier alpha value is -2.56. The topological polar surface area (TPSA) is 50.5 Å². The molecule has 28 heavy (non-hydrogen) atoms. The van der Waals surface area contributed by atoms with Gasteiger partial charge in [-0.3, -0.25) is 9.59 Å². The molecule has 0 spiro atoms. The van der Waals surface area contributed by atoms with E-state index >= 15 is 0 Å². The third kappa shape index (κ3) is 1.97. The number of carbonyl (C=O) groups excluding carboxylic acids is 2. The van der Waals surface area contributed by atoms with E-state index in [0.29, 0.717) is 21.5 Å². The van der Waals surface area contributed by atoms with Gasteiger partial charge in [0.25, 0.3) is 0 Å². The number of carbonyl (C=O) groups is 2. The van der Waals surface area contributed by atoms with Gasteiger partial charge in [-0.2, -0.15) is 0 Å². The molecule has 5 rings (SSSR count). The first-order chi connectivity index (χ1) is 13.4. The molecule has 1 saturated carbocycles. The molecule has 6 heteroatoms. The minimum absolute atomic E-state index is 0.272. The van der Waals surface area contributed by atoms with E-state index in [1.165, 1.54) is 4.90 Å². The first-order valence-corrected chi connectivity index (χ1v) is 9.62. The van der Waals surface area contributed by atoms with Crippen LogP contribution in [-0.2, 0) is 15.0 Å². The van der Waals surface area contributed by atoms with Crippen molar-refractivity contribution in [3.63, 3.8) is 0 Å². The highest BCUT2D eigenvalue weighted by molar-refractivity contribution is 6.36. The number of anilines is 1. The molecule has 0 N–H and O–H groups in total. The molecular formula is C22H15Cl2NO3. The number of imide groups is 1. The standard InChI is InChI=1S/C22H15Cl2NO3/c1-21-18(19(26)25(20(21)27)16-11-14(23)10-15(24)12-16)22(21,17-8-5-9-28-17)13-6-3-2-4-7-13/h2-12,18H,1H3/t18?,21-,22-/m1/s1. The van der Waals surface area contributed by atoms with Crippen LogP contribution in [0.4, 0.5) is 5.69 Å². The summed E-state index contributed by atoms with van der Waals surface area (Å²) in [7, 11) is 0. The normalized spacial score (nSPS) is 28.5. The van der Waals surface area contributed by atoms with Crippen molar-refractivity contribution in [1.29, 1.82) is 0 Å². The summed E-state index contributed by atoms with van der Waals surface area (Å²) in [6.07, 6.45) is 1.57. The highest BCUT2D eigenvalue weighted by atomic mass is 35.5. The van der Waals surface area contributed by atoms with Gasteiger partial charge in [-0.25, -0.2) is 4.90 Å². The van der Waals surface area contributed by atoms with Crippen LogP contribution in [-0.4, -0.2) is 11.8 Å². The fourth-order valence-electron chi connectivity index (χ4n) is 4.93. The number of fused-ring (bicyclic) bond motifs is 1. The summed E-state index contributed by atoms with van der Waals surface area (Å²) in [6, 6.07) is 17.9. The minimum Gasteiger partial charge on any atom is -0.468 e. The van der Waals surface area contributed by atoms with Crippen molar-refractivity contribution in [3.05, 3.63) is 88.3 Å². The molecule has 1 aromatic heterocycles. The lowest BCUT2D eigenvalue weighted by Gasteiger charge is -2.27. The van der Waals surface area contributed by atoms with Crippen LogP contribution < -0.4 is 4.90 Å². The van der Waals surface area contributed by atoms with Crippen molar-refractivity contribution in [3.8, 4) is 0 Å². The summed E-state index contributed by atoms with van der Waals surface area (Å²) in [5.74, 6) is -0.484. The second-order valence-corrected chi connectivity index (χ2v) is 8.27. The number of hydrogen-bond acceptors (Lipinski definition) is 3. The molecule has 3 atom stereocenters. The number of hydrogen-bond donors (Lipinski definition) is 0. The van der Waals surface area contributed by atoms with Gasteiger partial charge in [0, 0.05) is 10.0 Å². The van der Waals surface area contributed by atoms with Crippen LogP contribution in [0.3, 0.4) is 0 Å². The minimum atomic E-state index is -0.946. The van der Waals surface area contributed by atoms with Gasteiger partial charge >= 0.3 is 0 Å². The van der Waals surface area contributed by atoms with Gasteiger partial charge in [0.2, 0.25) is 11.8 Å². The molecule has 1 unspecified atom stereocenters. The second kappa shape index (κ2) is 5.72. The molecule has 2 aliphatic rings. The van der Waals surface area contributed by atoms with Crippen LogP contribution in [0.1, 0.15) is 18.2 Å². The predicted molar refractivity (Wildman–Crippen MR) is 106 cm³/mol. The van der Waals surface area contributed by atoms with Gasteiger partial charge in [-0.05, 0) is 42.8 Å². The van der Waals surface area contributed by atoms with Crippen molar-refractivity contribution in [1.82, 2.24) is 0 Å². The number of furan rings is 1.